The van der Waals surface area contributed by atoms with Gasteiger partial charge in [0, 0.05) is 32.6 Å². The van der Waals surface area contributed by atoms with Gasteiger partial charge in [-0.15, -0.1) is 0 Å². The standard InChI is InChI=1S/C14H21N3O3/c1-3-4-5-16-13(18)11-8-12(10-15-9-11)14(19)17-6-7-20-2/h8-10H,3-7H2,1-2H3,(H,16,18)(H,17,19). The molecule has 0 aliphatic heterocycles. The molecule has 6 nitrogen and oxygen atoms in total. The number of hydrogen-bond acceptors (Lipinski definition) is 4. The molecule has 1 heterocycles. The Morgan fingerprint density at radius 3 is 2.30 bits per heavy atom. The summed E-state index contributed by atoms with van der Waals surface area (Å²) >= 11 is 0. The van der Waals surface area contributed by atoms with Crippen LogP contribution in [0.3, 0.4) is 0 Å². The van der Waals surface area contributed by atoms with Crippen LogP contribution in [0.4, 0.5) is 0 Å². The minimum absolute atomic E-state index is 0.211. The summed E-state index contributed by atoms with van der Waals surface area (Å²) in [5.41, 5.74) is 0.754. The van der Waals surface area contributed by atoms with Crippen LogP contribution in [-0.2, 0) is 4.74 Å². The molecule has 0 aliphatic carbocycles. The molecular formula is C14H21N3O3. The number of hydrogen-bond donors (Lipinski definition) is 2. The Labute approximate surface area is 118 Å². The van der Waals surface area contributed by atoms with E-state index in [1.165, 1.54) is 18.5 Å². The monoisotopic (exact) mass is 279 g/mol. The summed E-state index contributed by atoms with van der Waals surface area (Å²) < 4.78 is 4.85. The van der Waals surface area contributed by atoms with E-state index in [9.17, 15) is 9.59 Å². The van der Waals surface area contributed by atoms with Gasteiger partial charge < -0.3 is 15.4 Å². The van der Waals surface area contributed by atoms with E-state index in [2.05, 4.69) is 22.5 Å². The molecule has 2 N–H and O–H groups in total. The molecule has 0 fully saturated rings. The topological polar surface area (TPSA) is 80.3 Å². The first-order valence-corrected chi connectivity index (χ1v) is 6.69. The van der Waals surface area contributed by atoms with Gasteiger partial charge in [0.1, 0.15) is 0 Å². The number of unbranched alkanes of at least 4 members (excludes halogenated alkanes) is 1. The smallest absolute Gasteiger partial charge is 0.252 e. The van der Waals surface area contributed by atoms with Crippen molar-refractivity contribution in [1.82, 2.24) is 15.6 Å². The highest BCUT2D eigenvalue weighted by atomic mass is 16.5. The molecule has 1 aromatic rings. The molecule has 20 heavy (non-hydrogen) atoms. The molecule has 0 bridgehead atoms. The van der Waals surface area contributed by atoms with Gasteiger partial charge in [-0.2, -0.15) is 0 Å². The highest BCUT2D eigenvalue weighted by molar-refractivity contribution is 5.99. The maximum atomic E-state index is 11.9. The van der Waals surface area contributed by atoms with Crippen molar-refractivity contribution in [3.63, 3.8) is 0 Å². The van der Waals surface area contributed by atoms with Gasteiger partial charge in [-0.05, 0) is 12.5 Å². The number of carbonyl (C=O) groups is 2. The molecule has 0 saturated heterocycles. The Hall–Kier alpha value is -1.95. The van der Waals surface area contributed by atoms with Gasteiger partial charge in [-0.25, -0.2) is 0 Å². The molecule has 0 saturated carbocycles. The number of rotatable bonds is 8. The molecule has 0 atom stereocenters. The van der Waals surface area contributed by atoms with Gasteiger partial charge in [0.2, 0.25) is 0 Å². The third-order valence-electron chi connectivity index (χ3n) is 2.67. The first-order valence-electron chi connectivity index (χ1n) is 6.69. The van der Waals surface area contributed by atoms with Gasteiger partial charge in [-0.3, -0.25) is 14.6 Å². The summed E-state index contributed by atoms with van der Waals surface area (Å²) in [4.78, 5) is 27.6. The number of pyridine rings is 1. The SMILES string of the molecule is CCCCNC(=O)c1cncc(C(=O)NCCOC)c1. The average Bonchev–Trinajstić information content (AvgIpc) is 2.47. The van der Waals surface area contributed by atoms with Crippen LogP contribution in [0, 0.1) is 0 Å². The molecule has 1 aromatic heterocycles. The minimum atomic E-state index is -0.266. The number of carbonyl (C=O) groups excluding carboxylic acids is 2. The summed E-state index contributed by atoms with van der Waals surface area (Å²) in [5.74, 6) is -0.477. The Balaban J connectivity index is 2.60. The van der Waals surface area contributed by atoms with E-state index < -0.39 is 0 Å². The predicted molar refractivity (Wildman–Crippen MR) is 75.7 cm³/mol. The molecule has 0 aromatic carbocycles. The highest BCUT2D eigenvalue weighted by Crippen LogP contribution is 2.03. The summed E-state index contributed by atoms with van der Waals surface area (Å²) in [7, 11) is 1.56. The van der Waals surface area contributed by atoms with Crippen molar-refractivity contribution in [3.05, 3.63) is 29.6 Å². The molecule has 110 valence electrons. The molecule has 2 amide bonds. The largest absolute Gasteiger partial charge is 0.383 e. The highest BCUT2D eigenvalue weighted by Gasteiger charge is 2.10. The van der Waals surface area contributed by atoms with Crippen LogP contribution in [-0.4, -0.2) is 43.6 Å². The molecule has 0 spiro atoms. The summed E-state index contributed by atoms with van der Waals surface area (Å²) in [6, 6.07) is 1.54. The molecule has 0 unspecified atom stereocenters. The van der Waals surface area contributed by atoms with E-state index in [0.717, 1.165) is 12.8 Å². The van der Waals surface area contributed by atoms with Crippen molar-refractivity contribution in [2.45, 2.75) is 19.8 Å². The maximum absolute atomic E-state index is 11.9. The van der Waals surface area contributed by atoms with Crippen LogP contribution in [0.2, 0.25) is 0 Å². The zero-order chi connectivity index (χ0) is 14.8. The number of amides is 2. The van der Waals surface area contributed by atoms with Crippen LogP contribution in [0.25, 0.3) is 0 Å². The lowest BCUT2D eigenvalue weighted by Crippen LogP contribution is -2.28. The number of aromatic nitrogens is 1. The van der Waals surface area contributed by atoms with Gasteiger partial charge >= 0.3 is 0 Å². The Morgan fingerprint density at radius 1 is 1.15 bits per heavy atom. The van der Waals surface area contributed by atoms with E-state index >= 15 is 0 Å². The Bertz CT molecular complexity index is 412. The average molecular weight is 279 g/mol. The maximum Gasteiger partial charge on any atom is 0.252 e. The van der Waals surface area contributed by atoms with E-state index in [1.54, 1.807) is 7.11 Å². The van der Waals surface area contributed by atoms with Crippen LogP contribution < -0.4 is 10.6 Å². The summed E-state index contributed by atoms with van der Waals surface area (Å²) in [6.07, 6.45) is 4.83. The number of nitrogens with one attached hydrogen (secondary N) is 2. The van der Waals surface area contributed by atoms with Gasteiger partial charge in [0.25, 0.3) is 11.8 Å². The van der Waals surface area contributed by atoms with Crippen LogP contribution in [0.1, 0.15) is 40.5 Å². The normalized spacial score (nSPS) is 10.1. The molecule has 6 heteroatoms. The molecule has 0 radical (unpaired) electrons. The summed E-state index contributed by atoms with van der Waals surface area (Å²) in [6.45, 7) is 3.54. The fraction of sp³-hybridized carbons (Fsp3) is 0.500. The number of nitrogens with zero attached hydrogens (tertiary/aromatic N) is 1. The minimum Gasteiger partial charge on any atom is -0.383 e. The lowest BCUT2D eigenvalue weighted by Gasteiger charge is -2.07. The lowest BCUT2D eigenvalue weighted by atomic mass is 10.2. The van der Waals surface area contributed by atoms with Crippen molar-refractivity contribution in [1.29, 1.82) is 0 Å². The van der Waals surface area contributed by atoms with Crippen LogP contribution >= 0.6 is 0 Å². The number of methoxy groups -OCH3 is 1. The van der Waals surface area contributed by atoms with Crippen molar-refractivity contribution < 1.29 is 14.3 Å². The van der Waals surface area contributed by atoms with E-state index in [-0.39, 0.29) is 11.8 Å². The van der Waals surface area contributed by atoms with Crippen molar-refractivity contribution in [2.75, 3.05) is 26.8 Å². The zero-order valence-electron chi connectivity index (χ0n) is 11.9. The second-order valence-corrected chi connectivity index (χ2v) is 4.32. The fourth-order valence-corrected chi connectivity index (χ4v) is 1.54. The van der Waals surface area contributed by atoms with Gasteiger partial charge in [-0.1, -0.05) is 13.3 Å². The third kappa shape index (κ3) is 5.36. The second kappa shape index (κ2) is 9.03. The first-order chi connectivity index (χ1) is 9.69. The van der Waals surface area contributed by atoms with E-state index in [0.29, 0.717) is 30.8 Å². The quantitative estimate of drug-likeness (QED) is 0.695. The van der Waals surface area contributed by atoms with Crippen molar-refractivity contribution >= 4 is 11.8 Å². The van der Waals surface area contributed by atoms with E-state index in [1.807, 2.05) is 0 Å². The molecule has 0 aliphatic rings. The van der Waals surface area contributed by atoms with E-state index in [4.69, 9.17) is 4.74 Å². The van der Waals surface area contributed by atoms with Gasteiger partial charge in [0.05, 0.1) is 17.7 Å². The zero-order valence-corrected chi connectivity index (χ0v) is 11.9. The van der Waals surface area contributed by atoms with Crippen LogP contribution in [0.15, 0.2) is 18.5 Å². The Morgan fingerprint density at radius 2 is 1.75 bits per heavy atom. The van der Waals surface area contributed by atoms with Gasteiger partial charge in [0.15, 0.2) is 0 Å². The van der Waals surface area contributed by atoms with Crippen molar-refractivity contribution in [2.24, 2.45) is 0 Å². The Kier molecular flexibility index (Phi) is 7.27. The molecular weight excluding hydrogens is 258 g/mol. The third-order valence-corrected chi connectivity index (χ3v) is 2.67. The van der Waals surface area contributed by atoms with Crippen molar-refractivity contribution in [3.8, 4) is 0 Å². The fourth-order valence-electron chi connectivity index (χ4n) is 1.54. The first kappa shape index (κ1) is 16.1. The predicted octanol–water partition coefficient (Wildman–Crippen LogP) is 0.988. The summed E-state index contributed by atoms with van der Waals surface area (Å²) in [5, 5.41) is 5.47. The van der Waals surface area contributed by atoms with Crippen LogP contribution in [0.5, 0.6) is 0 Å². The second-order valence-electron chi connectivity index (χ2n) is 4.32. The number of ether oxygens (including phenoxy) is 1. The molecule has 1 rings (SSSR count). The lowest BCUT2D eigenvalue weighted by molar-refractivity contribution is 0.0936.